The molecule has 1 heterocycles. The molecule has 0 spiro atoms. The van der Waals surface area contributed by atoms with Gasteiger partial charge in [0.25, 0.3) is 0 Å². The highest BCUT2D eigenvalue weighted by molar-refractivity contribution is 9.10. The summed E-state index contributed by atoms with van der Waals surface area (Å²) in [6.07, 6.45) is 1.39. The zero-order valence-electron chi connectivity index (χ0n) is 9.57. The molecule has 0 aliphatic heterocycles. The third-order valence-corrected chi connectivity index (χ3v) is 2.31. The van der Waals surface area contributed by atoms with E-state index in [4.69, 9.17) is 0 Å². The summed E-state index contributed by atoms with van der Waals surface area (Å²) in [6, 6.07) is 1.13. The Kier molecular flexibility index (Phi) is 4.56. The van der Waals surface area contributed by atoms with E-state index in [0.29, 0.717) is 0 Å². The first kappa shape index (κ1) is 13.6. The first-order valence-corrected chi connectivity index (χ1v) is 5.40. The molecule has 7 heteroatoms. The number of hydrogen-bond acceptors (Lipinski definition) is 4. The summed E-state index contributed by atoms with van der Waals surface area (Å²) in [7, 11) is 4.70. The third-order valence-electron chi connectivity index (χ3n) is 1.70. The molecule has 5 nitrogen and oxygen atoms in total. The second-order valence-corrected chi connectivity index (χ2v) is 4.18. The molecule has 1 aromatic heterocycles. The van der Waals surface area contributed by atoms with Crippen LogP contribution in [0.5, 0.6) is 0 Å². The molecule has 0 bridgehead atoms. The molecule has 0 N–H and O–H groups in total. The molecule has 92 valence electrons. The molecule has 0 aliphatic carbocycles. The van der Waals surface area contributed by atoms with Crippen molar-refractivity contribution in [2.45, 2.75) is 0 Å². The van der Waals surface area contributed by atoms with Crippen molar-refractivity contribution < 1.29 is 13.9 Å². The van der Waals surface area contributed by atoms with Gasteiger partial charge in [-0.1, -0.05) is 0 Å². The zero-order valence-corrected chi connectivity index (χ0v) is 11.2. The SMILES string of the molecule is COC(=O)c1nc(N=CN(C)C)c(F)cc1Br. The number of pyridine rings is 1. The van der Waals surface area contributed by atoms with Gasteiger partial charge in [0.15, 0.2) is 17.3 Å². The Balaban J connectivity index is 3.19. The Labute approximate surface area is 106 Å². The molecule has 1 aromatic rings. The summed E-state index contributed by atoms with van der Waals surface area (Å²) in [5, 5.41) is 0. The smallest absolute Gasteiger partial charge is 0.357 e. The number of hydrogen-bond donors (Lipinski definition) is 0. The van der Waals surface area contributed by atoms with Crippen molar-refractivity contribution in [3.05, 3.63) is 22.1 Å². The number of ether oxygens (including phenoxy) is 1. The molecule has 0 saturated carbocycles. The minimum atomic E-state index is -0.654. The van der Waals surface area contributed by atoms with Gasteiger partial charge in [0, 0.05) is 14.1 Å². The Bertz CT molecular complexity index is 463. The van der Waals surface area contributed by atoms with Crippen LogP contribution in [0, 0.1) is 5.82 Å². The maximum atomic E-state index is 13.5. The summed E-state index contributed by atoms with van der Waals surface area (Å²) in [5.41, 5.74) is -0.0141. The normalized spacial score (nSPS) is 10.6. The molecular weight excluding hydrogens is 293 g/mol. The Hall–Kier alpha value is -1.50. The van der Waals surface area contributed by atoms with E-state index in [9.17, 15) is 9.18 Å². The first-order valence-electron chi connectivity index (χ1n) is 4.60. The van der Waals surface area contributed by atoms with Crippen molar-refractivity contribution in [2.24, 2.45) is 4.99 Å². The van der Waals surface area contributed by atoms with Crippen molar-refractivity contribution in [2.75, 3.05) is 21.2 Å². The number of esters is 1. The van der Waals surface area contributed by atoms with Crippen LogP contribution in [0.1, 0.15) is 10.5 Å². The summed E-state index contributed by atoms with van der Waals surface area (Å²) in [6.45, 7) is 0. The Morgan fingerprint density at radius 3 is 2.82 bits per heavy atom. The van der Waals surface area contributed by atoms with E-state index >= 15 is 0 Å². The van der Waals surface area contributed by atoms with E-state index in [1.807, 2.05) is 0 Å². The summed E-state index contributed by atoms with van der Waals surface area (Å²) >= 11 is 3.04. The van der Waals surface area contributed by atoms with Crippen molar-refractivity contribution in [3.63, 3.8) is 0 Å². The van der Waals surface area contributed by atoms with Gasteiger partial charge in [-0.15, -0.1) is 0 Å². The quantitative estimate of drug-likeness (QED) is 0.487. The molecule has 0 aromatic carbocycles. The van der Waals surface area contributed by atoms with Crippen LogP contribution in [0.15, 0.2) is 15.5 Å². The maximum absolute atomic E-state index is 13.5. The van der Waals surface area contributed by atoms with Gasteiger partial charge >= 0.3 is 5.97 Å². The van der Waals surface area contributed by atoms with E-state index in [-0.39, 0.29) is 16.0 Å². The minimum Gasteiger partial charge on any atom is -0.464 e. The van der Waals surface area contributed by atoms with Crippen LogP contribution in [0.3, 0.4) is 0 Å². The molecule has 0 radical (unpaired) electrons. The zero-order chi connectivity index (χ0) is 13.0. The van der Waals surface area contributed by atoms with E-state index in [1.165, 1.54) is 13.4 Å². The molecule has 0 saturated heterocycles. The van der Waals surface area contributed by atoms with Crippen LogP contribution in [0.4, 0.5) is 10.2 Å². The number of aliphatic imine (C=N–C) groups is 1. The molecule has 0 amide bonds. The number of halogens is 2. The van der Waals surface area contributed by atoms with Crippen molar-refractivity contribution in [1.82, 2.24) is 9.88 Å². The Morgan fingerprint density at radius 1 is 1.65 bits per heavy atom. The fourth-order valence-corrected chi connectivity index (χ4v) is 1.41. The minimum absolute atomic E-state index is 0.0141. The van der Waals surface area contributed by atoms with Gasteiger partial charge < -0.3 is 9.64 Å². The van der Waals surface area contributed by atoms with Crippen LogP contribution in [-0.4, -0.2) is 43.4 Å². The van der Waals surface area contributed by atoms with E-state index in [0.717, 1.165) is 6.07 Å². The lowest BCUT2D eigenvalue weighted by Crippen LogP contribution is -2.09. The van der Waals surface area contributed by atoms with Gasteiger partial charge in [0.2, 0.25) is 0 Å². The van der Waals surface area contributed by atoms with E-state index in [2.05, 4.69) is 30.6 Å². The molecule has 0 atom stereocenters. The monoisotopic (exact) mass is 303 g/mol. The summed E-state index contributed by atoms with van der Waals surface area (Å²) < 4.78 is 18.2. The fourth-order valence-electron chi connectivity index (χ4n) is 0.957. The van der Waals surface area contributed by atoms with Crippen LogP contribution >= 0.6 is 15.9 Å². The highest BCUT2D eigenvalue weighted by Crippen LogP contribution is 2.23. The van der Waals surface area contributed by atoms with Gasteiger partial charge in [0.05, 0.1) is 17.9 Å². The van der Waals surface area contributed by atoms with Crippen LogP contribution < -0.4 is 0 Å². The maximum Gasteiger partial charge on any atom is 0.357 e. The average molecular weight is 304 g/mol. The summed E-state index contributed by atoms with van der Waals surface area (Å²) in [5.74, 6) is -1.44. The molecule has 1 rings (SSSR count). The Morgan fingerprint density at radius 2 is 2.29 bits per heavy atom. The number of carbonyl (C=O) groups excluding carboxylic acids is 1. The standard InChI is InChI=1S/C10H11BrFN3O2/c1-15(2)5-13-9-7(12)4-6(11)8(14-9)10(16)17-3/h4-5H,1-3H3. The van der Waals surface area contributed by atoms with Crippen molar-refractivity contribution in [3.8, 4) is 0 Å². The predicted octanol–water partition coefficient (Wildman–Crippen LogP) is 1.99. The van der Waals surface area contributed by atoms with Crippen LogP contribution in [0.25, 0.3) is 0 Å². The molecule has 17 heavy (non-hydrogen) atoms. The van der Waals surface area contributed by atoms with E-state index < -0.39 is 11.8 Å². The molecule has 0 unspecified atom stereocenters. The lowest BCUT2D eigenvalue weighted by Gasteiger charge is -2.05. The number of nitrogens with zero attached hydrogens (tertiary/aromatic N) is 3. The number of rotatable bonds is 3. The average Bonchev–Trinajstić information content (AvgIpc) is 2.26. The van der Waals surface area contributed by atoms with Gasteiger partial charge in [-0.2, -0.15) is 0 Å². The van der Waals surface area contributed by atoms with Gasteiger partial charge in [-0.05, 0) is 22.0 Å². The number of aromatic nitrogens is 1. The lowest BCUT2D eigenvalue weighted by atomic mass is 10.3. The highest BCUT2D eigenvalue weighted by Gasteiger charge is 2.16. The van der Waals surface area contributed by atoms with Crippen LogP contribution in [-0.2, 0) is 4.74 Å². The number of carbonyl (C=O) groups is 1. The third kappa shape index (κ3) is 3.48. The highest BCUT2D eigenvalue weighted by atomic mass is 79.9. The van der Waals surface area contributed by atoms with Crippen molar-refractivity contribution in [1.29, 1.82) is 0 Å². The van der Waals surface area contributed by atoms with E-state index in [1.54, 1.807) is 19.0 Å². The first-order chi connectivity index (χ1) is 7.95. The summed E-state index contributed by atoms with van der Waals surface area (Å²) in [4.78, 5) is 20.6. The number of methoxy groups -OCH3 is 1. The van der Waals surface area contributed by atoms with Crippen LogP contribution in [0.2, 0.25) is 0 Å². The van der Waals surface area contributed by atoms with Gasteiger partial charge in [-0.25, -0.2) is 19.2 Å². The fraction of sp³-hybridized carbons (Fsp3) is 0.300. The van der Waals surface area contributed by atoms with Gasteiger partial charge in [-0.3, -0.25) is 0 Å². The second kappa shape index (κ2) is 5.72. The molecule has 0 fully saturated rings. The second-order valence-electron chi connectivity index (χ2n) is 3.32. The largest absolute Gasteiger partial charge is 0.464 e. The predicted molar refractivity (Wildman–Crippen MR) is 65.1 cm³/mol. The van der Waals surface area contributed by atoms with Crippen molar-refractivity contribution >= 4 is 34.1 Å². The lowest BCUT2D eigenvalue weighted by molar-refractivity contribution is 0.0593. The molecule has 0 aliphatic rings. The topological polar surface area (TPSA) is 54.8 Å². The van der Waals surface area contributed by atoms with Gasteiger partial charge in [0.1, 0.15) is 0 Å². The molecular formula is C10H11BrFN3O2.